The SMILES string of the molecule is CCCCN1CCC(NC(=NCc2cccc(C(F)(F)F)c2)NCC(=O)N(C)C)CC1. The highest BCUT2D eigenvalue weighted by Crippen LogP contribution is 2.29. The number of likely N-dealkylation sites (N-methyl/N-ethyl adjacent to an activating group) is 1. The van der Waals surface area contributed by atoms with E-state index in [-0.39, 0.29) is 25.0 Å². The molecule has 6 nitrogen and oxygen atoms in total. The smallest absolute Gasteiger partial charge is 0.354 e. The molecular weight excluding hydrogens is 407 g/mol. The quantitative estimate of drug-likeness (QED) is 0.481. The summed E-state index contributed by atoms with van der Waals surface area (Å²) in [5.74, 6) is 0.336. The van der Waals surface area contributed by atoms with Gasteiger partial charge in [0.25, 0.3) is 0 Å². The summed E-state index contributed by atoms with van der Waals surface area (Å²) < 4.78 is 38.9. The monoisotopic (exact) mass is 441 g/mol. The molecule has 1 aliphatic heterocycles. The molecule has 1 heterocycles. The molecule has 0 saturated carbocycles. The standard InChI is InChI=1S/C22H34F3N5O/c1-4-5-11-30-12-9-19(10-13-30)28-21(27-16-20(31)29(2)3)26-15-17-7-6-8-18(14-17)22(23,24)25/h6-8,14,19H,4-5,9-13,15-16H2,1-3H3,(H2,26,27,28). The molecule has 0 radical (unpaired) electrons. The van der Waals surface area contributed by atoms with E-state index in [0.717, 1.165) is 44.6 Å². The molecule has 0 bridgehead atoms. The van der Waals surface area contributed by atoms with Gasteiger partial charge in [-0.05, 0) is 43.5 Å². The minimum absolute atomic E-state index is 0.0662. The van der Waals surface area contributed by atoms with Crippen molar-refractivity contribution in [3.8, 4) is 0 Å². The lowest BCUT2D eigenvalue weighted by Crippen LogP contribution is -2.50. The van der Waals surface area contributed by atoms with Gasteiger partial charge < -0.3 is 20.4 Å². The van der Waals surface area contributed by atoms with Gasteiger partial charge in [-0.1, -0.05) is 25.5 Å². The Morgan fingerprint density at radius 2 is 1.97 bits per heavy atom. The molecular formula is C22H34F3N5O. The predicted molar refractivity (Wildman–Crippen MR) is 117 cm³/mol. The molecule has 1 amide bonds. The highest BCUT2D eigenvalue weighted by molar-refractivity contribution is 5.86. The summed E-state index contributed by atoms with van der Waals surface area (Å²) in [5.41, 5.74) is -0.228. The summed E-state index contributed by atoms with van der Waals surface area (Å²) in [5, 5.41) is 6.38. The number of amides is 1. The summed E-state index contributed by atoms with van der Waals surface area (Å²) in [6.07, 6.45) is -0.113. The van der Waals surface area contributed by atoms with Crippen molar-refractivity contribution in [2.75, 3.05) is 40.3 Å². The molecule has 0 atom stereocenters. The van der Waals surface area contributed by atoms with Gasteiger partial charge in [0.15, 0.2) is 5.96 Å². The summed E-state index contributed by atoms with van der Waals surface area (Å²) in [4.78, 5) is 20.3. The molecule has 1 fully saturated rings. The molecule has 1 aromatic rings. The van der Waals surface area contributed by atoms with Crippen LogP contribution >= 0.6 is 0 Å². The maximum atomic E-state index is 13.0. The number of rotatable bonds is 8. The van der Waals surface area contributed by atoms with Crippen molar-refractivity contribution >= 4 is 11.9 Å². The Bertz CT molecular complexity index is 728. The third kappa shape index (κ3) is 8.77. The second kappa shape index (κ2) is 11.9. The molecule has 9 heteroatoms. The number of likely N-dealkylation sites (tertiary alicyclic amines) is 1. The van der Waals surface area contributed by atoms with Crippen LogP contribution in [-0.4, -0.2) is 68.0 Å². The third-order valence-electron chi connectivity index (χ3n) is 5.34. The Hall–Kier alpha value is -2.29. The predicted octanol–water partition coefficient (Wildman–Crippen LogP) is 3.09. The number of aliphatic imine (C=N–C) groups is 1. The first kappa shape index (κ1) is 25.0. The van der Waals surface area contributed by atoms with Crippen molar-refractivity contribution in [2.24, 2.45) is 4.99 Å². The molecule has 2 rings (SSSR count). The number of unbranched alkanes of at least 4 members (excludes halogenated alkanes) is 1. The zero-order chi connectivity index (χ0) is 22.9. The summed E-state index contributed by atoms with van der Waals surface area (Å²) in [6, 6.07) is 5.37. The van der Waals surface area contributed by atoms with E-state index in [2.05, 4.69) is 27.4 Å². The zero-order valence-corrected chi connectivity index (χ0v) is 18.6. The number of piperidine rings is 1. The summed E-state index contributed by atoms with van der Waals surface area (Å²) in [6.45, 7) is 5.43. The van der Waals surface area contributed by atoms with Crippen LogP contribution in [0.25, 0.3) is 0 Å². The molecule has 31 heavy (non-hydrogen) atoms. The topological polar surface area (TPSA) is 60.0 Å². The van der Waals surface area contributed by atoms with Crippen molar-refractivity contribution in [1.82, 2.24) is 20.4 Å². The summed E-state index contributed by atoms with van der Waals surface area (Å²) >= 11 is 0. The van der Waals surface area contributed by atoms with Gasteiger partial charge in [0.2, 0.25) is 5.91 Å². The van der Waals surface area contributed by atoms with Crippen LogP contribution in [0.3, 0.4) is 0 Å². The Kier molecular flexibility index (Phi) is 9.61. The lowest BCUT2D eigenvalue weighted by atomic mass is 10.0. The van der Waals surface area contributed by atoms with Gasteiger partial charge in [-0.25, -0.2) is 4.99 Å². The van der Waals surface area contributed by atoms with E-state index in [1.165, 1.54) is 23.8 Å². The van der Waals surface area contributed by atoms with Crippen LogP contribution in [-0.2, 0) is 17.5 Å². The lowest BCUT2D eigenvalue weighted by Gasteiger charge is -2.33. The Morgan fingerprint density at radius 3 is 2.58 bits per heavy atom. The van der Waals surface area contributed by atoms with E-state index < -0.39 is 11.7 Å². The molecule has 0 aliphatic carbocycles. The van der Waals surface area contributed by atoms with Crippen LogP contribution in [0, 0.1) is 0 Å². The Balaban J connectivity index is 2.02. The second-order valence-electron chi connectivity index (χ2n) is 8.12. The van der Waals surface area contributed by atoms with Crippen molar-refractivity contribution in [3.63, 3.8) is 0 Å². The molecule has 0 spiro atoms. The molecule has 2 N–H and O–H groups in total. The summed E-state index contributed by atoms with van der Waals surface area (Å²) in [7, 11) is 3.34. The Morgan fingerprint density at radius 1 is 1.26 bits per heavy atom. The molecule has 0 aromatic heterocycles. The third-order valence-corrected chi connectivity index (χ3v) is 5.34. The fourth-order valence-electron chi connectivity index (χ4n) is 3.36. The number of halogens is 3. The Labute approximate surface area is 182 Å². The average Bonchev–Trinajstić information content (AvgIpc) is 2.74. The largest absolute Gasteiger partial charge is 0.416 e. The first-order valence-electron chi connectivity index (χ1n) is 10.8. The van der Waals surface area contributed by atoms with Gasteiger partial charge in [0.1, 0.15) is 0 Å². The molecule has 1 aromatic carbocycles. The molecule has 1 aliphatic rings. The first-order chi connectivity index (χ1) is 14.7. The van der Waals surface area contributed by atoms with Crippen molar-refractivity contribution < 1.29 is 18.0 Å². The number of benzene rings is 1. The van der Waals surface area contributed by atoms with Gasteiger partial charge in [-0.3, -0.25) is 4.79 Å². The molecule has 1 saturated heterocycles. The van der Waals surface area contributed by atoms with E-state index in [4.69, 9.17) is 0 Å². The number of nitrogens with one attached hydrogen (secondary N) is 2. The normalized spacial score (nSPS) is 16.3. The number of guanidine groups is 1. The van der Waals surface area contributed by atoms with Gasteiger partial charge >= 0.3 is 6.18 Å². The maximum absolute atomic E-state index is 13.0. The molecule has 0 unspecified atom stereocenters. The van der Waals surface area contributed by atoms with Crippen molar-refractivity contribution in [1.29, 1.82) is 0 Å². The highest BCUT2D eigenvalue weighted by Gasteiger charge is 2.30. The van der Waals surface area contributed by atoms with Crippen LogP contribution in [0.4, 0.5) is 13.2 Å². The highest BCUT2D eigenvalue weighted by atomic mass is 19.4. The van der Waals surface area contributed by atoms with Crippen LogP contribution in [0.2, 0.25) is 0 Å². The average molecular weight is 442 g/mol. The number of carbonyl (C=O) groups excluding carboxylic acids is 1. The van der Waals surface area contributed by atoms with E-state index in [0.29, 0.717) is 11.5 Å². The minimum atomic E-state index is -4.39. The fraction of sp³-hybridized carbons (Fsp3) is 0.636. The van der Waals surface area contributed by atoms with Gasteiger partial charge in [0, 0.05) is 33.2 Å². The van der Waals surface area contributed by atoms with Crippen LogP contribution < -0.4 is 10.6 Å². The van der Waals surface area contributed by atoms with Gasteiger partial charge in [-0.15, -0.1) is 0 Å². The molecule has 174 valence electrons. The number of hydrogen-bond acceptors (Lipinski definition) is 3. The number of carbonyl (C=O) groups is 1. The lowest BCUT2D eigenvalue weighted by molar-refractivity contribution is -0.137. The van der Waals surface area contributed by atoms with Crippen molar-refractivity contribution in [3.05, 3.63) is 35.4 Å². The van der Waals surface area contributed by atoms with Crippen LogP contribution in [0.1, 0.15) is 43.7 Å². The first-order valence-corrected chi connectivity index (χ1v) is 10.8. The number of alkyl halides is 3. The second-order valence-corrected chi connectivity index (χ2v) is 8.12. The van der Waals surface area contributed by atoms with E-state index in [1.54, 1.807) is 20.2 Å². The van der Waals surface area contributed by atoms with Gasteiger partial charge in [0.05, 0.1) is 18.7 Å². The van der Waals surface area contributed by atoms with Crippen LogP contribution in [0.5, 0.6) is 0 Å². The van der Waals surface area contributed by atoms with E-state index in [9.17, 15) is 18.0 Å². The number of nitrogens with zero attached hydrogens (tertiary/aromatic N) is 3. The zero-order valence-electron chi connectivity index (χ0n) is 18.6. The maximum Gasteiger partial charge on any atom is 0.416 e. The van der Waals surface area contributed by atoms with E-state index >= 15 is 0 Å². The van der Waals surface area contributed by atoms with Gasteiger partial charge in [-0.2, -0.15) is 13.2 Å². The van der Waals surface area contributed by atoms with Crippen LogP contribution in [0.15, 0.2) is 29.3 Å². The number of hydrogen-bond donors (Lipinski definition) is 2. The minimum Gasteiger partial charge on any atom is -0.354 e. The fourth-order valence-corrected chi connectivity index (χ4v) is 3.36. The van der Waals surface area contributed by atoms with E-state index in [1.807, 2.05) is 0 Å². The van der Waals surface area contributed by atoms with Crippen molar-refractivity contribution in [2.45, 2.75) is 51.4 Å².